The van der Waals surface area contributed by atoms with Crippen LogP contribution < -0.4 is 20.9 Å². The Morgan fingerprint density at radius 3 is 2.38 bits per heavy atom. The molecule has 1 atom stereocenters. The van der Waals surface area contributed by atoms with E-state index in [1.165, 1.54) is 17.4 Å². The van der Waals surface area contributed by atoms with E-state index in [1.807, 2.05) is 6.07 Å². The zero-order chi connectivity index (χ0) is 30.8. The molecule has 42 heavy (non-hydrogen) atoms. The van der Waals surface area contributed by atoms with Crippen molar-refractivity contribution in [3.63, 3.8) is 0 Å². The van der Waals surface area contributed by atoms with Crippen LogP contribution in [0.5, 0.6) is 11.5 Å². The van der Waals surface area contributed by atoms with Crippen LogP contribution in [0.4, 0.5) is 22.0 Å². The highest BCUT2D eigenvalue weighted by atomic mass is 32.1. The predicted octanol–water partition coefficient (Wildman–Crippen LogP) is 7.60. The molecule has 1 heterocycles. The monoisotopic (exact) mass is 616 g/mol. The van der Waals surface area contributed by atoms with Crippen LogP contribution in [0.3, 0.4) is 0 Å². The van der Waals surface area contributed by atoms with Crippen LogP contribution in [0.15, 0.2) is 42.5 Å². The minimum atomic E-state index is -4.82. The maximum absolute atomic E-state index is 14.2. The van der Waals surface area contributed by atoms with Gasteiger partial charge in [0.25, 0.3) is 0 Å². The first-order chi connectivity index (χ1) is 19.9. The topological polar surface area (TPSA) is 96.8 Å². The molecule has 0 spiro atoms. The average molecular weight is 617 g/mol. The van der Waals surface area contributed by atoms with Gasteiger partial charge in [0.2, 0.25) is 5.92 Å². The van der Waals surface area contributed by atoms with Crippen molar-refractivity contribution in [2.75, 3.05) is 19.8 Å². The number of aryl methyl sites for hydroxylation is 1. The van der Waals surface area contributed by atoms with Gasteiger partial charge >= 0.3 is 12.3 Å². The SMILES string of the molecule is CCCCCc1ccc(-c2cc3ccc(OCCCC(F)(F)CCCOC(=O)C(N)CN)cc3s2)c(OC(F)(F)F)c1. The number of carbonyl (C=O) groups is 1. The molecular formula is C30H37F5N2O4S. The number of thiophene rings is 1. The van der Waals surface area contributed by atoms with E-state index in [9.17, 15) is 26.7 Å². The van der Waals surface area contributed by atoms with Crippen molar-refractivity contribution >= 4 is 27.4 Å². The Morgan fingerprint density at radius 1 is 0.952 bits per heavy atom. The molecule has 3 aromatic rings. The maximum Gasteiger partial charge on any atom is 0.573 e. The second-order valence-corrected chi connectivity index (χ2v) is 11.2. The van der Waals surface area contributed by atoms with Crippen molar-refractivity contribution in [1.82, 2.24) is 0 Å². The number of unbranched alkanes of at least 4 members (excludes halogenated alkanes) is 2. The van der Waals surface area contributed by atoms with E-state index in [4.69, 9.17) is 20.9 Å². The molecule has 1 unspecified atom stereocenters. The third-order valence-corrected chi connectivity index (χ3v) is 7.67. The smallest absolute Gasteiger partial charge is 0.494 e. The molecule has 0 radical (unpaired) electrons. The normalized spacial score (nSPS) is 12.9. The van der Waals surface area contributed by atoms with E-state index < -0.39 is 37.1 Å². The number of hydrogen-bond acceptors (Lipinski definition) is 7. The highest BCUT2D eigenvalue weighted by Crippen LogP contribution is 2.41. The molecule has 0 aliphatic heterocycles. The predicted molar refractivity (Wildman–Crippen MR) is 154 cm³/mol. The van der Waals surface area contributed by atoms with Crippen LogP contribution in [0.2, 0.25) is 0 Å². The van der Waals surface area contributed by atoms with Gasteiger partial charge in [-0.05, 0) is 73.0 Å². The number of fused-ring (bicyclic) bond motifs is 1. The lowest BCUT2D eigenvalue weighted by atomic mass is 10.0. The Hall–Kier alpha value is -2.96. The summed E-state index contributed by atoms with van der Waals surface area (Å²) >= 11 is 1.29. The van der Waals surface area contributed by atoms with Crippen molar-refractivity contribution < 1.29 is 41.0 Å². The van der Waals surface area contributed by atoms with Gasteiger partial charge in [-0.1, -0.05) is 25.8 Å². The van der Waals surface area contributed by atoms with Gasteiger partial charge in [0.15, 0.2) is 0 Å². The van der Waals surface area contributed by atoms with Gasteiger partial charge in [-0.2, -0.15) is 0 Å². The molecule has 0 fully saturated rings. The summed E-state index contributed by atoms with van der Waals surface area (Å²) in [5, 5.41) is 0.812. The lowest BCUT2D eigenvalue weighted by Gasteiger charge is -2.17. The summed E-state index contributed by atoms with van der Waals surface area (Å²) in [5.41, 5.74) is 11.8. The number of halogens is 5. The minimum absolute atomic E-state index is 0.00836. The number of ether oxygens (including phenoxy) is 3. The number of esters is 1. The number of alkyl halides is 5. The third kappa shape index (κ3) is 10.7. The molecule has 0 saturated carbocycles. The first-order valence-corrected chi connectivity index (χ1v) is 14.8. The molecule has 12 heteroatoms. The summed E-state index contributed by atoms with van der Waals surface area (Å²) in [5.74, 6) is -3.42. The summed E-state index contributed by atoms with van der Waals surface area (Å²) in [6, 6.07) is 11.0. The highest BCUT2D eigenvalue weighted by molar-refractivity contribution is 7.22. The molecule has 0 amide bonds. The molecular weight excluding hydrogens is 579 g/mol. The molecule has 2 aromatic carbocycles. The van der Waals surface area contributed by atoms with E-state index in [1.54, 1.807) is 30.3 Å². The van der Waals surface area contributed by atoms with E-state index in [2.05, 4.69) is 11.7 Å². The number of benzene rings is 2. The van der Waals surface area contributed by atoms with Crippen LogP contribution >= 0.6 is 11.3 Å². The molecule has 1 aromatic heterocycles. The Balaban J connectivity index is 1.58. The fourth-order valence-electron chi connectivity index (χ4n) is 4.30. The molecule has 6 nitrogen and oxygen atoms in total. The Kier molecular flexibility index (Phi) is 12.4. The first-order valence-electron chi connectivity index (χ1n) is 14.0. The standard InChI is InChI=1S/C30H37F5N2O4S/c1-2-3-4-7-20-8-11-23(25(16-20)41-30(33,34)35)27-17-21-9-10-22(18-26(21)42-27)39-14-5-12-29(31,32)13-6-15-40-28(38)24(37)19-36/h8-11,16-18,24H,2-7,12-15,19,36-37H2,1H3. The van der Waals surface area contributed by atoms with E-state index in [-0.39, 0.29) is 38.3 Å². The maximum atomic E-state index is 14.2. The number of carbonyl (C=O) groups excluding carboxylic acids is 1. The van der Waals surface area contributed by atoms with Gasteiger partial charge in [-0.3, -0.25) is 4.79 Å². The fraction of sp³-hybridized carbons (Fsp3) is 0.500. The van der Waals surface area contributed by atoms with Gasteiger partial charge in [-0.25, -0.2) is 8.78 Å². The zero-order valence-electron chi connectivity index (χ0n) is 23.5. The summed E-state index contributed by atoms with van der Waals surface area (Å²) in [6.07, 6.45) is -2.02. The van der Waals surface area contributed by atoms with E-state index >= 15 is 0 Å². The third-order valence-electron chi connectivity index (χ3n) is 6.54. The van der Waals surface area contributed by atoms with Gasteiger partial charge in [0.1, 0.15) is 17.5 Å². The van der Waals surface area contributed by atoms with Crippen LogP contribution in [0.25, 0.3) is 20.5 Å². The Labute approximate surface area is 246 Å². The first kappa shape index (κ1) is 33.5. The lowest BCUT2D eigenvalue weighted by Crippen LogP contribution is -2.39. The van der Waals surface area contributed by atoms with Crippen LogP contribution in [-0.2, 0) is 16.0 Å². The summed E-state index contributed by atoms with van der Waals surface area (Å²) in [7, 11) is 0. The second kappa shape index (κ2) is 15.5. The molecule has 4 N–H and O–H groups in total. The number of nitrogens with two attached hydrogens (primary N) is 2. The second-order valence-electron chi connectivity index (χ2n) is 10.1. The average Bonchev–Trinajstić information content (AvgIpc) is 3.35. The molecule has 0 saturated heterocycles. The zero-order valence-corrected chi connectivity index (χ0v) is 24.3. The number of hydrogen-bond donors (Lipinski definition) is 2. The summed E-state index contributed by atoms with van der Waals surface area (Å²) < 4.78 is 83.6. The lowest BCUT2D eigenvalue weighted by molar-refractivity contribution is -0.274. The van der Waals surface area contributed by atoms with Crippen molar-refractivity contribution in [2.24, 2.45) is 11.5 Å². The Bertz CT molecular complexity index is 1300. The van der Waals surface area contributed by atoms with E-state index in [0.717, 1.165) is 34.9 Å². The largest absolute Gasteiger partial charge is 0.573 e. The number of rotatable bonds is 17. The highest BCUT2D eigenvalue weighted by Gasteiger charge is 2.32. The fourth-order valence-corrected chi connectivity index (χ4v) is 5.42. The molecule has 232 valence electrons. The molecule has 0 aliphatic carbocycles. The molecule has 0 aliphatic rings. The summed E-state index contributed by atoms with van der Waals surface area (Å²) in [6.45, 7) is 1.88. The van der Waals surface area contributed by atoms with Gasteiger partial charge < -0.3 is 25.7 Å². The molecule has 0 bridgehead atoms. The molecule has 3 rings (SSSR count). The van der Waals surface area contributed by atoms with Crippen molar-refractivity contribution in [3.8, 4) is 21.9 Å². The van der Waals surface area contributed by atoms with Crippen LogP contribution in [0, 0.1) is 0 Å². The van der Waals surface area contributed by atoms with Gasteiger partial charge in [0, 0.05) is 34.5 Å². The van der Waals surface area contributed by atoms with Gasteiger partial charge in [-0.15, -0.1) is 24.5 Å². The van der Waals surface area contributed by atoms with Gasteiger partial charge in [0.05, 0.1) is 13.2 Å². The van der Waals surface area contributed by atoms with Crippen LogP contribution in [-0.4, -0.2) is 44.1 Å². The van der Waals surface area contributed by atoms with Crippen molar-refractivity contribution in [3.05, 3.63) is 48.0 Å². The van der Waals surface area contributed by atoms with Crippen molar-refractivity contribution in [1.29, 1.82) is 0 Å². The summed E-state index contributed by atoms with van der Waals surface area (Å²) in [4.78, 5) is 12.0. The van der Waals surface area contributed by atoms with E-state index in [0.29, 0.717) is 22.6 Å². The minimum Gasteiger partial charge on any atom is -0.494 e. The van der Waals surface area contributed by atoms with Crippen LogP contribution in [0.1, 0.15) is 57.4 Å². The van der Waals surface area contributed by atoms with Crippen molar-refractivity contribution in [2.45, 2.75) is 76.6 Å². The quantitative estimate of drug-likeness (QED) is 0.0921. The Morgan fingerprint density at radius 2 is 1.69 bits per heavy atom.